The Kier molecular flexibility index (Phi) is 3.15. The number of nitrogens with one attached hydrogen (secondary N) is 2. The number of amides is 1. The first-order valence-electron chi connectivity index (χ1n) is 6.06. The van der Waals surface area contributed by atoms with Crippen molar-refractivity contribution in [3.05, 3.63) is 0 Å². The van der Waals surface area contributed by atoms with E-state index >= 15 is 0 Å². The van der Waals surface area contributed by atoms with Crippen LogP contribution in [0.4, 0.5) is 0 Å². The van der Waals surface area contributed by atoms with Crippen molar-refractivity contribution < 1.29 is 4.79 Å². The lowest BCUT2D eigenvalue weighted by Crippen LogP contribution is -2.44. The maximum atomic E-state index is 11.6. The molecule has 0 saturated heterocycles. The molecule has 0 aromatic heterocycles. The van der Waals surface area contributed by atoms with Crippen molar-refractivity contribution in [3.8, 4) is 6.07 Å². The van der Waals surface area contributed by atoms with Gasteiger partial charge in [0.1, 0.15) is 0 Å². The molecule has 0 aromatic rings. The largest absolute Gasteiger partial charge is 0.352 e. The van der Waals surface area contributed by atoms with Gasteiger partial charge in [0.25, 0.3) is 0 Å². The van der Waals surface area contributed by atoms with Crippen LogP contribution in [0.1, 0.15) is 39.0 Å². The molecule has 2 N–H and O–H groups in total. The molecule has 1 atom stereocenters. The molecule has 0 heterocycles. The fraction of sp³-hybridized carbons (Fsp3) is 0.833. The van der Waals surface area contributed by atoms with Gasteiger partial charge in [0, 0.05) is 19.0 Å². The maximum absolute atomic E-state index is 11.6. The lowest BCUT2D eigenvalue weighted by Gasteiger charge is -2.17. The van der Waals surface area contributed by atoms with Gasteiger partial charge in [-0.2, -0.15) is 5.26 Å². The predicted octanol–water partition coefficient (Wildman–Crippen LogP) is 0.937. The molecule has 2 aliphatic rings. The first-order valence-corrected chi connectivity index (χ1v) is 6.06. The van der Waals surface area contributed by atoms with Gasteiger partial charge in [0.05, 0.1) is 12.1 Å². The molecule has 1 unspecified atom stereocenters. The van der Waals surface area contributed by atoms with Crippen LogP contribution in [0.25, 0.3) is 0 Å². The number of carbonyl (C=O) groups is 1. The van der Waals surface area contributed by atoms with Crippen LogP contribution in [0.5, 0.6) is 0 Å². The molecule has 88 valence electrons. The highest BCUT2D eigenvalue weighted by molar-refractivity contribution is 5.81. The minimum Gasteiger partial charge on any atom is -0.352 e. The van der Waals surface area contributed by atoms with Crippen LogP contribution in [0.3, 0.4) is 0 Å². The van der Waals surface area contributed by atoms with E-state index in [9.17, 15) is 4.79 Å². The van der Waals surface area contributed by atoms with Crippen molar-refractivity contribution in [2.75, 3.05) is 6.54 Å². The van der Waals surface area contributed by atoms with E-state index in [2.05, 4.69) is 16.7 Å². The Hall–Kier alpha value is -1.08. The van der Waals surface area contributed by atoms with Crippen molar-refractivity contribution in [1.29, 1.82) is 5.26 Å². The van der Waals surface area contributed by atoms with Crippen LogP contribution >= 0.6 is 0 Å². The van der Waals surface area contributed by atoms with E-state index in [1.807, 2.05) is 6.92 Å². The van der Waals surface area contributed by atoms with E-state index in [4.69, 9.17) is 5.26 Å². The Balaban J connectivity index is 1.68. The van der Waals surface area contributed by atoms with Crippen molar-refractivity contribution in [2.45, 2.75) is 51.1 Å². The monoisotopic (exact) mass is 221 g/mol. The van der Waals surface area contributed by atoms with Gasteiger partial charge in [0.2, 0.25) is 5.91 Å². The lowest BCUT2D eigenvalue weighted by atomic mass is 10.0. The Labute approximate surface area is 96.4 Å². The zero-order valence-electron chi connectivity index (χ0n) is 9.75. The molecule has 2 saturated carbocycles. The Bertz CT molecular complexity index is 313. The van der Waals surface area contributed by atoms with Crippen LogP contribution in [0.2, 0.25) is 0 Å². The number of rotatable bonds is 6. The first kappa shape index (κ1) is 11.4. The van der Waals surface area contributed by atoms with Crippen LogP contribution in [0.15, 0.2) is 0 Å². The molecule has 2 aliphatic carbocycles. The molecule has 0 aliphatic heterocycles. The fourth-order valence-corrected chi connectivity index (χ4v) is 1.78. The summed E-state index contributed by atoms with van der Waals surface area (Å²) < 4.78 is 0. The summed E-state index contributed by atoms with van der Waals surface area (Å²) in [7, 11) is 0. The molecular weight excluding hydrogens is 202 g/mol. The van der Waals surface area contributed by atoms with Gasteiger partial charge in [-0.25, -0.2) is 0 Å². The topological polar surface area (TPSA) is 64.9 Å². The molecule has 0 bridgehead atoms. The van der Waals surface area contributed by atoms with Gasteiger partial charge in [-0.3, -0.25) is 4.79 Å². The molecule has 16 heavy (non-hydrogen) atoms. The number of hydrogen-bond acceptors (Lipinski definition) is 3. The molecule has 0 radical (unpaired) electrons. The minimum absolute atomic E-state index is 0.0928. The van der Waals surface area contributed by atoms with E-state index in [-0.39, 0.29) is 17.4 Å². The molecule has 1 amide bonds. The molecule has 4 nitrogen and oxygen atoms in total. The molecule has 2 fully saturated rings. The third-order valence-electron chi connectivity index (χ3n) is 3.51. The third-order valence-corrected chi connectivity index (χ3v) is 3.51. The second-order valence-electron chi connectivity index (χ2n) is 5.22. The standard InChI is InChI=1S/C12H19N3O/c1-9(11(16)15-10-2-3-10)14-8-12(4-5-12)6-7-13/h9-10,14H,2-6,8H2,1H3,(H,15,16). The smallest absolute Gasteiger partial charge is 0.237 e. The minimum atomic E-state index is -0.142. The summed E-state index contributed by atoms with van der Waals surface area (Å²) in [5, 5.41) is 14.9. The highest BCUT2D eigenvalue weighted by Crippen LogP contribution is 2.47. The third kappa shape index (κ3) is 2.96. The van der Waals surface area contributed by atoms with Crippen LogP contribution in [0, 0.1) is 16.7 Å². The van der Waals surface area contributed by atoms with E-state index in [1.54, 1.807) is 0 Å². The SMILES string of the molecule is CC(NCC1(CC#N)CC1)C(=O)NC1CC1. The van der Waals surface area contributed by atoms with Crippen molar-refractivity contribution in [2.24, 2.45) is 5.41 Å². The van der Waals surface area contributed by atoms with Crippen molar-refractivity contribution >= 4 is 5.91 Å². The Morgan fingerprint density at radius 2 is 2.25 bits per heavy atom. The van der Waals surface area contributed by atoms with Gasteiger partial charge >= 0.3 is 0 Å². The molecule has 0 aromatic carbocycles. The van der Waals surface area contributed by atoms with Gasteiger partial charge in [-0.15, -0.1) is 0 Å². The van der Waals surface area contributed by atoms with Crippen LogP contribution in [-0.2, 0) is 4.79 Å². The molecule has 2 rings (SSSR count). The van der Waals surface area contributed by atoms with E-state index < -0.39 is 0 Å². The summed E-state index contributed by atoms with van der Waals surface area (Å²) in [6, 6.07) is 2.51. The van der Waals surface area contributed by atoms with Crippen molar-refractivity contribution in [3.63, 3.8) is 0 Å². The molecular formula is C12H19N3O. The predicted molar refractivity (Wildman–Crippen MR) is 60.5 cm³/mol. The van der Waals surface area contributed by atoms with Gasteiger partial charge in [-0.1, -0.05) is 0 Å². The van der Waals surface area contributed by atoms with Gasteiger partial charge < -0.3 is 10.6 Å². The molecule has 0 spiro atoms. The quantitative estimate of drug-likeness (QED) is 0.701. The highest BCUT2D eigenvalue weighted by Gasteiger charge is 2.42. The lowest BCUT2D eigenvalue weighted by molar-refractivity contribution is -0.122. The summed E-state index contributed by atoms with van der Waals surface area (Å²) >= 11 is 0. The van der Waals surface area contributed by atoms with E-state index in [0.717, 1.165) is 32.2 Å². The number of nitriles is 1. The molecule has 4 heteroatoms. The number of nitrogens with zero attached hydrogens (tertiary/aromatic N) is 1. The summed E-state index contributed by atoms with van der Waals surface area (Å²) in [4.78, 5) is 11.6. The summed E-state index contributed by atoms with van der Waals surface area (Å²) in [6.07, 6.45) is 5.08. The summed E-state index contributed by atoms with van der Waals surface area (Å²) in [5.74, 6) is 0.0928. The summed E-state index contributed by atoms with van der Waals surface area (Å²) in [5.41, 5.74) is 0.170. The van der Waals surface area contributed by atoms with E-state index in [1.165, 1.54) is 0 Å². The zero-order chi connectivity index (χ0) is 11.6. The number of hydrogen-bond donors (Lipinski definition) is 2. The Morgan fingerprint density at radius 1 is 1.56 bits per heavy atom. The van der Waals surface area contributed by atoms with Gasteiger partial charge in [-0.05, 0) is 38.0 Å². The van der Waals surface area contributed by atoms with Gasteiger partial charge in [0.15, 0.2) is 0 Å². The second kappa shape index (κ2) is 4.42. The van der Waals surface area contributed by atoms with Crippen molar-refractivity contribution in [1.82, 2.24) is 10.6 Å². The van der Waals surface area contributed by atoms with E-state index in [0.29, 0.717) is 12.5 Å². The van der Waals surface area contributed by atoms with Crippen LogP contribution < -0.4 is 10.6 Å². The highest BCUT2D eigenvalue weighted by atomic mass is 16.2. The maximum Gasteiger partial charge on any atom is 0.237 e. The summed E-state index contributed by atoms with van der Waals surface area (Å²) in [6.45, 7) is 2.68. The Morgan fingerprint density at radius 3 is 2.75 bits per heavy atom. The average molecular weight is 221 g/mol. The first-order chi connectivity index (χ1) is 7.65. The normalized spacial score (nSPS) is 23.2. The second-order valence-corrected chi connectivity index (χ2v) is 5.22. The average Bonchev–Trinajstić information content (AvgIpc) is 3.12. The zero-order valence-corrected chi connectivity index (χ0v) is 9.75. The fourth-order valence-electron chi connectivity index (χ4n) is 1.78. The van der Waals surface area contributed by atoms with Crippen LogP contribution in [-0.4, -0.2) is 24.5 Å². The number of carbonyl (C=O) groups excluding carboxylic acids is 1.